The van der Waals surface area contributed by atoms with Crippen molar-refractivity contribution in [2.75, 3.05) is 13.2 Å². The highest BCUT2D eigenvalue weighted by molar-refractivity contribution is 5.95. The van der Waals surface area contributed by atoms with Gasteiger partial charge in [-0.3, -0.25) is 9.59 Å². The highest BCUT2D eigenvalue weighted by atomic mass is 16.6. The quantitative estimate of drug-likeness (QED) is 0.389. The molecular formula is C16H28O4. The van der Waals surface area contributed by atoms with E-state index in [1.165, 1.54) is 0 Å². The van der Waals surface area contributed by atoms with E-state index >= 15 is 0 Å². The number of carbonyl (C=O) groups is 2. The number of ether oxygens (including phenoxy) is 2. The first-order valence-electron chi connectivity index (χ1n) is 7.20. The van der Waals surface area contributed by atoms with Crippen molar-refractivity contribution in [3.63, 3.8) is 0 Å². The minimum absolute atomic E-state index is 0.245. The van der Waals surface area contributed by atoms with Crippen molar-refractivity contribution in [1.82, 2.24) is 0 Å². The van der Waals surface area contributed by atoms with Gasteiger partial charge in [-0.15, -0.1) is 0 Å². The molecule has 116 valence electrons. The maximum atomic E-state index is 12.0. The van der Waals surface area contributed by atoms with E-state index < -0.39 is 17.9 Å². The fourth-order valence-electron chi connectivity index (χ4n) is 1.34. The summed E-state index contributed by atoms with van der Waals surface area (Å²) in [5.41, 5.74) is 1.06. The Morgan fingerprint density at radius 1 is 0.900 bits per heavy atom. The van der Waals surface area contributed by atoms with Crippen molar-refractivity contribution >= 4 is 11.9 Å². The molecule has 0 N–H and O–H groups in total. The Hall–Kier alpha value is -1.32. The van der Waals surface area contributed by atoms with Crippen LogP contribution < -0.4 is 0 Å². The van der Waals surface area contributed by atoms with Crippen LogP contribution in [-0.4, -0.2) is 25.2 Å². The van der Waals surface area contributed by atoms with Gasteiger partial charge in [0.1, 0.15) is 0 Å². The molecule has 0 saturated carbocycles. The van der Waals surface area contributed by atoms with E-state index in [2.05, 4.69) is 0 Å². The molecule has 4 nitrogen and oxygen atoms in total. The predicted molar refractivity (Wildman–Crippen MR) is 79.1 cm³/mol. The van der Waals surface area contributed by atoms with Crippen LogP contribution >= 0.6 is 0 Å². The Morgan fingerprint density at radius 3 is 1.60 bits per heavy atom. The minimum atomic E-state index is -0.859. The van der Waals surface area contributed by atoms with Gasteiger partial charge in [-0.1, -0.05) is 39.3 Å². The number of hydrogen-bond acceptors (Lipinski definition) is 4. The molecule has 0 heterocycles. The Bertz CT molecular complexity index is 314. The van der Waals surface area contributed by atoms with Gasteiger partial charge in [-0.25, -0.2) is 0 Å². The fraction of sp³-hybridized carbons (Fsp3) is 0.750. The normalized spacial score (nSPS) is 10.8. The second kappa shape index (κ2) is 9.56. The van der Waals surface area contributed by atoms with Crippen LogP contribution in [0.25, 0.3) is 0 Å². The Kier molecular flexibility index (Phi) is 8.93. The van der Waals surface area contributed by atoms with Gasteiger partial charge in [0.15, 0.2) is 5.92 Å². The summed E-state index contributed by atoms with van der Waals surface area (Å²) in [7, 11) is 0. The fourth-order valence-corrected chi connectivity index (χ4v) is 1.34. The van der Waals surface area contributed by atoms with Crippen LogP contribution in [-0.2, 0) is 19.1 Å². The summed E-state index contributed by atoms with van der Waals surface area (Å²) in [4.78, 5) is 24.0. The summed E-state index contributed by atoms with van der Waals surface area (Å²) in [6, 6.07) is 0. The van der Waals surface area contributed by atoms with Crippen LogP contribution in [0.4, 0.5) is 0 Å². The molecule has 0 fully saturated rings. The summed E-state index contributed by atoms with van der Waals surface area (Å²) < 4.78 is 10.3. The first kappa shape index (κ1) is 18.7. The standard InChI is InChI=1S/C16H28O4/c1-11(2)7-8-14(15(17)19-9-12(3)4)16(18)20-10-13(5)6/h7,12-14H,8-10H2,1-6H3. The van der Waals surface area contributed by atoms with Crippen LogP contribution in [0.5, 0.6) is 0 Å². The van der Waals surface area contributed by atoms with Crippen molar-refractivity contribution in [3.05, 3.63) is 11.6 Å². The lowest BCUT2D eigenvalue weighted by atomic mass is 10.0. The van der Waals surface area contributed by atoms with E-state index in [-0.39, 0.29) is 11.8 Å². The van der Waals surface area contributed by atoms with Gasteiger partial charge in [-0.2, -0.15) is 0 Å². The van der Waals surface area contributed by atoms with Gasteiger partial charge < -0.3 is 9.47 Å². The minimum Gasteiger partial charge on any atom is -0.465 e. The van der Waals surface area contributed by atoms with Crippen LogP contribution in [0.15, 0.2) is 11.6 Å². The molecule has 0 aromatic carbocycles. The van der Waals surface area contributed by atoms with Crippen LogP contribution in [0.3, 0.4) is 0 Å². The largest absolute Gasteiger partial charge is 0.465 e. The maximum absolute atomic E-state index is 12.0. The Labute approximate surface area is 122 Å². The van der Waals surface area contributed by atoms with E-state index in [0.29, 0.717) is 19.6 Å². The van der Waals surface area contributed by atoms with Crippen LogP contribution in [0.2, 0.25) is 0 Å². The molecule has 0 aliphatic carbocycles. The molecule has 0 spiro atoms. The number of hydrogen-bond donors (Lipinski definition) is 0. The third kappa shape index (κ3) is 8.73. The molecule has 0 unspecified atom stereocenters. The summed E-state index contributed by atoms with van der Waals surface area (Å²) >= 11 is 0. The number of esters is 2. The maximum Gasteiger partial charge on any atom is 0.320 e. The van der Waals surface area contributed by atoms with Gasteiger partial charge in [0.2, 0.25) is 0 Å². The lowest BCUT2D eigenvalue weighted by Gasteiger charge is -2.16. The van der Waals surface area contributed by atoms with Gasteiger partial charge in [0, 0.05) is 0 Å². The molecule has 20 heavy (non-hydrogen) atoms. The van der Waals surface area contributed by atoms with E-state index in [9.17, 15) is 9.59 Å². The summed E-state index contributed by atoms with van der Waals surface area (Å²) in [6.45, 7) is 12.3. The number of carbonyl (C=O) groups excluding carboxylic acids is 2. The van der Waals surface area contributed by atoms with Crippen LogP contribution in [0, 0.1) is 17.8 Å². The van der Waals surface area contributed by atoms with Gasteiger partial charge >= 0.3 is 11.9 Å². The SMILES string of the molecule is CC(C)=CCC(C(=O)OCC(C)C)C(=O)OCC(C)C. The third-order valence-electron chi connectivity index (χ3n) is 2.45. The van der Waals surface area contributed by atoms with E-state index in [1.807, 2.05) is 47.6 Å². The molecule has 0 bridgehead atoms. The smallest absolute Gasteiger partial charge is 0.320 e. The van der Waals surface area contributed by atoms with E-state index in [0.717, 1.165) is 5.57 Å². The molecule has 0 atom stereocenters. The molecule has 0 radical (unpaired) electrons. The van der Waals surface area contributed by atoms with Crippen molar-refractivity contribution in [2.45, 2.75) is 48.0 Å². The van der Waals surface area contributed by atoms with E-state index in [1.54, 1.807) is 0 Å². The first-order chi connectivity index (χ1) is 9.23. The van der Waals surface area contributed by atoms with Crippen molar-refractivity contribution in [3.8, 4) is 0 Å². The average molecular weight is 284 g/mol. The number of rotatable bonds is 8. The second-order valence-corrected chi connectivity index (χ2v) is 6.12. The summed E-state index contributed by atoms with van der Waals surface area (Å²) in [6.07, 6.45) is 2.19. The van der Waals surface area contributed by atoms with Gasteiger partial charge in [0.05, 0.1) is 13.2 Å². The Balaban J connectivity index is 4.65. The molecule has 0 rings (SSSR count). The molecular weight excluding hydrogens is 256 g/mol. The second-order valence-electron chi connectivity index (χ2n) is 6.12. The molecule has 0 amide bonds. The predicted octanol–water partition coefficient (Wildman–Crippen LogP) is 3.36. The molecule has 0 aliphatic rings. The molecule has 0 aromatic heterocycles. The van der Waals surface area contributed by atoms with Crippen molar-refractivity contribution < 1.29 is 19.1 Å². The zero-order valence-electron chi connectivity index (χ0n) is 13.6. The zero-order chi connectivity index (χ0) is 15.7. The Morgan fingerprint density at radius 2 is 1.30 bits per heavy atom. The molecule has 0 aromatic rings. The summed E-state index contributed by atoms with van der Waals surface area (Å²) in [5, 5.41) is 0. The number of allylic oxidation sites excluding steroid dienone is 2. The van der Waals surface area contributed by atoms with Gasteiger partial charge in [-0.05, 0) is 32.1 Å². The highest BCUT2D eigenvalue weighted by Crippen LogP contribution is 2.13. The third-order valence-corrected chi connectivity index (χ3v) is 2.45. The lowest BCUT2D eigenvalue weighted by Crippen LogP contribution is -2.29. The van der Waals surface area contributed by atoms with Crippen molar-refractivity contribution in [2.24, 2.45) is 17.8 Å². The first-order valence-corrected chi connectivity index (χ1v) is 7.20. The average Bonchev–Trinajstić information content (AvgIpc) is 2.33. The molecule has 4 heteroatoms. The monoisotopic (exact) mass is 284 g/mol. The van der Waals surface area contributed by atoms with Crippen molar-refractivity contribution in [1.29, 1.82) is 0 Å². The topological polar surface area (TPSA) is 52.6 Å². The summed E-state index contributed by atoms with van der Waals surface area (Å²) in [5.74, 6) is -1.36. The molecule has 0 aliphatic heterocycles. The highest BCUT2D eigenvalue weighted by Gasteiger charge is 2.29. The van der Waals surface area contributed by atoms with Crippen LogP contribution in [0.1, 0.15) is 48.0 Å². The lowest BCUT2D eigenvalue weighted by molar-refractivity contribution is -0.163. The zero-order valence-corrected chi connectivity index (χ0v) is 13.6. The molecule has 0 saturated heterocycles. The van der Waals surface area contributed by atoms with E-state index in [4.69, 9.17) is 9.47 Å². The van der Waals surface area contributed by atoms with Gasteiger partial charge in [0.25, 0.3) is 0 Å².